The van der Waals surface area contributed by atoms with Crippen molar-refractivity contribution >= 4 is 17.5 Å². The molecule has 7 heteroatoms. The average Bonchev–Trinajstić information content (AvgIpc) is 2.72. The van der Waals surface area contributed by atoms with Crippen LogP contribution in [0.5, 0.6) is 11.5 Å². The van der Waals surface area contributed by atoms with Gasteiger partial charge in [-0.1, -0.05) is 45.0 Å². The molecule has 3 rings (SSSR count). The lowest BCUT2D eigenvalue weighted by molar-refractivity contribution is 0.354. The highest BCUT2D eigenvalue weighted by atomic mass is 16.5. The van der Waals surface area contributed by atoms with E-state index in [9.17, 15) is 0 Å². The molecule has 0 fully saturated rings. The second-order valence-corrected chi connectivity index (χ2v) is 7.63. The molecule has 0 aliphatic heterocycles. The summed E-state index contributed by atoms with van der Waals surface area (Å²) < 4.78 is 10.6. The van der Waals surface area contributed by atoms with Crippen LogP contribution in [-0.4, -0.2) is 29.4 Å². The molecule has 0 unspecified atom stereocenters. The molecule has 0 atom stereocenters. The van der Waals surface area contributed by atoms with Crippen LogP contribution in [0.25, 0.3) is 0 Å². The van der Waals surface area contributed by atoms with Gasteiger partial charge in [-0.15, -0.1) is 5.10 Å². The van der Waals surface area contributed by atoms with E-state index in [1.807, 2.05) is 36.4 Å². The van der Waals surface area contributed by atoms with Crippen molar-refractivity contribution in [3.05, 3.63) is 59.8 Å². The molecule has 0 bridgehead atoms. The Morgan fingerprint density at radius 1 is 0.966 bits per heavy atom. The molecule has 29 heavy (non-hydrogen) atoms. The van der Waals surface area contributed by atoms with Gasteiger partial charge in [0.2, 0.25) is 5.95 Å². The van der Waals surface area contributed by atoms with Gasteiger partial charge in [0, 0.05) is 12.2 Å². The Labute approximate surface area is 171 Å². The van der Waals surface area contributed by atoms with Crippen LogP contribution in [0.3, 0.4) is 0 Å². The van der Waals surface area contributed by atoms with Crippen LogP contribution in [0.4, 0.5) is 17.5 Å². The molecule has 1 heterocycles. The fourth-order valence-corrected chi connectivity index (χ4v) is 2.99. The van der Waals surface area contributed by atoms with E-state index in [-0.39, 0.29) is 5.41 Å². The number of anilines is 3. The zero-order valence-electron chi connectivity index (χ0n) is 17.5. The fraction of sp³-hybridized carbons (Fsp3) is 0.318. The molecule has 0 saturated heterocycles. The Balaban J connectivity index is 1.73. The summed E-state index contributed by atoms with van der Waals surface area (Å²) >= 11 is 0. The fourth-order valence-electron chi connectivity index (χ4n) is 2.99. The van der Waals surface area contributed by atoms with E-state index in [0.717, 1.165) is 11.3 Å². The van der Waals surface area contributed by atoms with E-state index >= 15 is 0 Å². The lowest BCUT2D eigenvalue weighted by Crippen LogP contribution is -2.14. The van der Waals surface area contributed by atoms with E-state index in [0.29, 0.717) is 29.8 Å². The quantitative estimate of drug-likeness (QED) is 0.610. The molecule has 0 aliphatic carbocycles. The monoisotopic (exact) mass is 393 g/mol. The van der Waals surface area contributed by atoms with E-state index in [1.54, 1.807) is 20.4 Å². The standard InChI is InChI=1S/C22H27N5O2/c1-22(2,3)16-8-6-7-9-17(16)25-21-26-20(14-24-27-21)23-13-15-10-11-18(28-4)19(12-15)29-5/h6-12,14H,13H2,1-5H3,(H2,23,25,26,27). The van der Waals surface area contributed by atoms with Crippen LogP contribution in [0.2, 0.25) is 0 Å². The van der Waals surface area contributed by atoms with Crippen molar-refractivity contribution in [3.63, 3.8) is 0 Å². The highest BCUT2D eigenvalue weighted by Crippen LogP contribution is 2.31. The van der Waals surface area contributed by atoms with Crippen molar-refractivity contribution < 1.29 is 9.47 Å². The van der Waals surface area contributed by atoms with Crippen molar-refractivity contribution in [2.24, 2.45) is 0 Å². The molecule has 0 amide bonds. The summed E-state index contributed by atoms with van der Waals surface area (Å²) in [6, 6.07) is 13.9. The third-order valence-electron chi connectivity index (χ3n) is 4.46. The van der Waals surface area contributed by atoms with Crippen LogP contribution in [-0.2, 0) is 12.0 Å². The van der Waals surface area contributed by atoms with Gasteiger partial charge in [-0.2, -0.15) is 10.1 Å². The predicted octanol–water partition coefficient (Wildman–Crippen LogP) is 4.54. The molecule has 0 saturated carbocycles. The zero-order chi connectivity index (χ0) is 20.9. The molecule has 0 spiro atoms. The van der Waals surface area contributed by atoms with E-state index < -0.39 is 0 Å². The van der Waals surface area contributed by atoms with Crippen LogP contribution < -0.4 is 20.1 Å². The number of nitrogens with one attached hydrogen (secondary N) is 2. The minimum absolute atomic E-state index is 0.000302. The number of ether oxygens (including phenoxy) is 2. The number of hydrogen-bond acceptors (Lipinski definition) is 7. The summed E-state index contributed by atoms with van der Waals surface area (Å²) in [7, 11) is 3.24. The first kappa shape index (κ1) is 20.4. The maximum Gasteiger partial charge on any atom is 0.249 e. The Kier molecular flexibility index (Phi) is 6.16. The van der Waals surface area contributed by atoms with Gasteiger partial charge in [0.1, 0.15) is 0 Å². The molecule has 2 aromatic carbocycles. The largest absolute Gasteiger partial charge is 0.493 e. The normalized spacial score (nSPS) is 11.1. The van der Waals surface area contributed by atoms with E-state index in [1.165, 1.54) is 5.56 Å². The van der Waals surface area contributed by atoms with E-state index in [2.05, 4.69) is 52.7 Å². The Bertz CT molecular complexity index is 969. The first-order chi connectivity index (χ1) is 13.9. The van der Waals surface area contributed by atoms with Crippen LogP contribution >= 0.6 is 0 Å². The summed E-state index contributed by atoms with van der Waals surface area (Å²) in [6.45, 7) is 7.09. The smallest absolute Gasteiger partial charge is 0.249 e. The molecule has 1 aromatic heterocycles. The van der Waals surface area contributed by atoms with Gasteiger partial charge >= 0.3 is 0 Å². The number of aromatic nitrogens is 3. The number of nitrogens with zero attached hydrogens (tertiary/aromatic N) is 3. The molecule has 7 nitrogen and oxygen atoms in total. The molecule has 0 aliphatic rings. The van der Waals surface area contributed by atoms with Crippen LogP contribution in [0.15, 0.2) is 48.7 Å². The minimum atomic E-state index is 0.000302. The Hall–Kier alpha value is -3.35. The lowest BCUT2D eigenvalue weighted by atomic mass is 9.86. The highest BCUT2D eigenvalue weighted by molar-refractivity contribution is 5.61. The average molecular weight is 393 g/mol. The molecule has 0 radical (unpaired) electrons. The summed E-state index contributed by atoms with van der Waals surface area (Å²) in [5, 5.41) is 14.7. The van der Waals surface area contributed by atoms with E-state index in [4.69, 9.17) is 9.47 Å². The first-order valence-corrected chi connectivity index (χ1v) is 9.41. The van der Waals surface area contributed by atoms with Gasteiger partial charge in [0.15, 0.2) is 17.3 Å². The number of rotatable bonds is 7. The lowest BCUT2D eigenvalue weighted by Gasteiger charge is -2.22. The Morgan fingerprint density at radius 3 is 2.45 bits per heavy atom. The summed E-state index contributed by atoms with van der Waals surface area (Å²) in [5.41, 5.74) is 3.19. The van der Waals surface area contributed by atoms with Crippen molar-refractivity contribution in [1.29, 1.82) is 0 Å². The maximum atomic E-state index is 5.35. The second-order valence-electron chi connectivity index (χ2n) is 7.63. The molecule has 152 valence electrons. The summed E-state index contributed by atoms with van der Waals surface area (Å²) in [6.07, 6.45) is 1.60. The number of hydrogen-bond donors (Lipinski definition) is 2. The SMILES string of the molecule is COc1ccc(CNc2cnnc(Nc3ccccc3C(C)(C)C)n2)cc1OC. The third-order valence-corrected chi connectivity index (χ3v) is 4.46. The highest BCUT2D eigenvalue weighted by Gasteiger charge is 2.18. The van der Waals surface area contributed by atoms with Crippen molar-refractivity contribution in [3.8, 4) is 11.5 Å². The first-order valence-electron chi connectivity index (χ1n) is 9.41. The number of para-hydroxylation sites is 1. The number of methoxy groups -OCH3 is 2. The minimum Gasteiger partial charge on any atom is -0.493 e. The van der Waals surface area contributed by atoms with Crippen LogP contribution in [0, 0.1) is 0 Å². The molecular weight excluding hydrogens is 366 g/mol. The predicted molar refractivity (Wildman–Crippen MR) is 115 cm³/mol. The summed E-state index contributed by atoms with van der Waals surface area (Å²) in [4.78, 5) is 4.53. The van der Waals surface area contributed by atoms with Crippen molar-refractivity contribution in [2.45, 2.75) is 32.7 Å². The second kappa shape index (κ2) is 8.77. The van der Waals surface area contributed by atoms with Gasteiger partial charge in [0.05, 0.1) is 20.4 Å². The van der Waals surface area contributed by atoms with Gasteiger partial charge in [0.25, 0.3) is 0 Å². The summed E-state index contributed by atoms with van der Waals surface area (Å²) in [5.74, 6) is 2.46. The van der Waals surface area contributed by atoms with Crippen molar-refractivity contribution in [2.75, 3.05) is 24.9 Å². The maximum absolute atomic E-state index is 5.35. The molecular formula is C22H27N5O2. The van der Waals surface area contributed by atoms with Gasteiger partial charge < -0.3 is 20.1 Å². The van der Waals surface area contributed by atoms with Gasteiger partial charge in [-0.3, -0.25) is 0 Å². The molecule has 3 aromatic rings. The van der Waals surface area contributed by atoms with Gasteiger partial charge in [-0.05, 0) is 34.7 Å². The van der Waals surface area contributed by atoms with Gasteiger partial charge in [-0.25, -0.2) is 0 Å². The Morgan fingerprint density at radius 2 is 1.72 bits per heavy atom. The zero-order valence-corrected chi connectivity index (χ0v) is 17.5. The van der Waals surface area contributed by atoms with Crippen LogP contribution in [0.1, 0.15) is 31.9 Å². The van der Waals surface area contributed by atoms with Crippen molar-refractivity contribution in [1.82, 2.24) is 15.2 Å². The topological polar surface area (TPSA) is 81.2 Å². The number of benzene rings is 2. The molecule has 2 N–H and O–H groups in total. The third kappa shape index (κ3) is 5.13.